The van der Waals surface area contributed by atoms with Gasteiger partial charge in [0.2, 0.25) is 0 Å². The van der Waals surface area contributed by atoms with Crippen molar-refractivity contribution in [3.05, 3.63) is 115 Å². The Balaban J connectivity index is 1.31. The molecular weight excluding hydrogens is 492 g/mol. The van der Waals surface area contributed by atoms with Gasteiger partial charge in [0.05, 0.1) is 6.61 Å². The second-order valence-corrected chi connectivity index (χ2v) is 14.2. The van der Waals surface area contributed by atoms with Crippen molar-refractivity contribution in [1.82, 2.24) is 0 Å². The van der Waals surface area contributed by atoms with Gasteiger partial charge in [-0.1, -0.05) is 98.1 Å². The number of benzene rings is 6. The predicted octanol–water partition coefficient (Wildman–Crippen LogP) is 10.8. The minimum absolute atomic E-state index is 0.687. The topological polar surface area (TPSA) is 9.23 Å². The molecule has 1 nitrogen and oxygen atoms in total. The SMILES string of the molecule is c1ccc2cc(S3(c4ccc(OCC5CCCCC5)c5ccccc45)c4cc5ccccc5cc43)ccc2c1. The van der Waals surface area contributed by atoms with Crippen molar-refractivity contribution in [2.75, 3.05) is 6.61 Å². The smallest absolute Gasteiger partial charge is 0.127 e. The van der Waals surface area contributed by atoms with Gasteiger partial charge in [0.1, 0.15) is 5.75 Å². The van der Waals surface area contributed by atoms with Crippen LogP contribution in [-0.2, 0) is 0 Å². The average molecular weight is 525 g/mol. The van der Waals surface area contributed by atoms with Gasteiger partial charge in [0.25, 0.3) is 0 Å². The first-order valence-electron chi connectivity index (χ1n) is 14.3. The number of hydrogen-bond donors (Lipinski definition) is 0. The number of hydrogen-bond acceptors (Lipinski definition) is 1. The summed E-state index contributed by atoms with van der Waals surface area (Å²) in [7, 11) is -1.48. The van der Waals surface area contributed by atoms with Gasteiger partial charge in [-0.2, -0.15) is 0 Å². The standard InChI is InChI=1S/C37H32OS/c1-2-10-26(11-3-1)25-38-34-20-21-35(33-17-9-8-16-32(33)34)39(31-19-18-27-12-4-5-13-28(27)22-31)36-23-29-14-6-7-15-30(29)24-37(36)39/h4-9,12-24,26H,1-3,10-11,25H2. The normalized spacial score (nSPS) is 17.2. The third-order valence-corrected chi connectivity index (χ3v) is 12.6. The van der Waals surface area contributed by atoms with Gasteiger partial charge in [-0.05, 0) is 82.1 Å². The Labute approximate surface area is 231 Å². The van der Waals surface area contributed by atoms with Gasteiger partial charge in [0, 0.05) is 25.0 Å². The molecule has 8 rings (SSSR count). The van der Waals surface area contributed by atoms with Crippen molar-refractivity contribution in [3.63, 3.8) is 0 Å². The van der Waals surface area contributed by atoms with Crippen molar-refractivity contribution < 1.29 is 4.74 Å². The van der Waals surface area contributed by atoms with Gasteiger partial charge in [-0.25, -0.2) is 0 Å². The van der Waals surface area contributed by atoms with Crippen LogP contribution in [0.5, 0.6) is 5.75 Å². The largest absolute Gasteiger partial charge is 0.493 e. The van der Waals surface area contributed by atoms with Gasteiger partial charge in [0.15, 0.2) is 0 Å². The van der Waals surface area contributed by atoms with Crippen molar-refractivity contribution in [2.45, 2.75) is 51.7 Å². The summed E-state index contributed by atoms with van der Waals surface area (Å²) in [5.74, 6) is 1.72. The van der Waals surface area contributed by atoms with E-state index in [9.17, 15) is 0 Å². The first-order chi connectivity index (χ1) is 19.3. The fourth-order valence-corrected chi connectivity index (χ4v) is 10.9. The second-order valence-electron chi connectivity index (χ2n) is 11.2. The molecule has 192 valence electrons. The zero-order valence-electron chi connectivity index (χ0n) is 22.1. The Kier molecular flexibility index (Phi) is 5.45. The van der Waals surface area contributed by atoms with Crippen molar-refractivity contribution in [2.24, 2.45) is 5.92 Å². The zero-order chi connectivity index (χ0) is 25.8. The lowest BCUT2D eigenvalue weighted by Crippen LogP contribution is -2.15. The number of rotatable bonds is 5. The number of fused-ring (bicyclic) bond motifs is 4. The fraction of sp³-hybridized carbons (Fsp3) is 0.189. The summed E-state index contributed by atoms with van der Waals surface area (Å²) in [5, 5.41) is 7.80. The molecule has 0 amide bonds. The van der Waals surface area contributed by atoms with E-state index in [0.717, 1.165) is 12.4 Å². The summed E-state index contributed by atoms with van der Waals surface area (Å²) in [5.41, 5.74) is 0. The van der Waals surface area contributed by atoms with Gasteiger partial charge in [-0.15, -0.1) is 10.0 Å². The van der Waals surface area contributed by atoms with E-state index in [-0.39, 0.29) is 0 Å². The van der Waals surface area contributed by atoms with E-state index >= 15 is 0 Å². The molecule has 0 atom stereocenters. The van der Waals surface area contributed by atoms with Crippen LogP contribution < -0.4 is 4.74 Å². The summed E-state index contributed by atoms with van der Waals surface area (Å²) in [6, 6.07) is 43.1. The van der Waals surface area contributed by atoms with E-state index in [1.165, 1.54) is 84.0 Å². The monoisotopic (exact) mass is 524 g/mol. The third kappa shape index (κ3) is 3.69. The average Bonchev–Trinajstić information content (AvgIpc) is 3.66. The molecular formula is C37H32OS. The molecule has 0 saturated heterocycles. The second kappa shape index (κ2) is 9.17. The van der Waals surface area contributed by atoms with E-state index in [0.29, 0.717) is 5.92 Å². The molecule has 1 fully saturated rings. The molecule has 0 unspecified atom stereocenters. The van der Waals surface area contributed by atoms with Crippen molar-refractivity contribution in [3.8, 4) is 5.75 Å². The maximum atomic E-state index is 6.56. The van der Waals surface area contributed by atoms with Crippen LogP contribution in [0.2, 0.25) is 0 Å². The van der Waals surface area contributed by atoms with Crippen LogP contribution in [0.1, 0.15) is 32.1 Å². The highest BCUT2D eigenvalue weighted by molar-refractivity contribution is 8.38. The lowest BCUT2D eigenvalue weighted by molar-refractivity contribution is 0.210. The van der Waals surface area contributed by atoms with Crippen LogP contribution in [0.3, 0.4) is 0 Å². The van der Waals surface area contributed by atoms with E-state index in [1.807, 2.05) is 0 Å². The minimum atomic E-state index is -1.48. The lowest BCUT2D eigenvalue weighted by Gasteiger charge is -2.27. The predicted molar refractivity (Wildman–Crippen MR) is 165 cm³/mol. The molecule has 1 aliphatic heterocycles. The summed E-state index contributed by atoms with van der Waals surface area (Å²) in [6.07, 6.45) is 6.67. The van der Waals surface area contributed by atoms with Crippen molar-refractivity contribution in [1.29, 1.82) is 0 Å². The lowest BCUT2D eigenvalue weighted by atomic mass is 9.90. The molecule has 0 spiro atoms. The molecule has 0 N–H and O–H groups in total. The molecule has 2 heteroatoms. The van der Waals surface area contributed by atoms with E-state index in [4.69, 9.17) is 4.74 Å². The molecule has 0 aromatic heterocycles. The Bertz CT molecular complexity index is 1820. The molecule has 1 heterocycles. The summed E-state index contributed by atoms with van der Waals surface area (Å²) < 4.78 is 6.56. The van der Waals surface area contributed by atoms with Gasteiger partial charge < -0.3 is 4.74 Å². The van der Waals surface area contributed by atoms with Crippen LogP contribution >= 0.6 is 10.0 Å². The quantitative estimate of drug-likeness (QED) is 0.203. The maximum absolute atomic E-state index is 6.56. The molecule has 0 radical (unpaired) electrons. The molecule has 6 aromatic rings. The highest BCUT2D eigenvalue weighted by Crippen LogP contribution is 2.88. The first kappa shape index (κ1) is 23.2. The molecule has 1 aliphatic carbocycles. The van der Waals surface area contributed by atoms with E-state index in [2.05, 4.69) is 115 Å². The van der Waals surface area contributed by atoms with E-state index in [1.54, 1.807) is 0 Å². The number of ether oxygens (including phenoxy) is 1. The van der Waals surface area contributed by atoms with Crippen LogP contribution in [-0.4, -0.2) is 6.61 Å². The van der Waals surface area contributed by atoms with Gasteiger partial charge >= 0.3 is 0 Å². The fourth-order valence-electron chi connectivity index (χ4n) is 6.80. The Hall–Kier alpha value is -3.75. The van der Waals surface area contributed by atoms with Crippen LogP contribution in [0.15, 0.2) is 135 Å². The Morgan fingerprint density at radius 3 is 1.87 bits per heavy atom. The van der Waals surface area contributed by atoms with Crippen LogP contribution in [0.25, 0.3) is 32.3 Å². The molecule has 0 bridgehead atoms. The van der Waals surface area contributed by atoms with Crippen LogP contribution in [0, 0.1) is 5.92 Å². The Morgan fingerprint density at radius 2 is 1.15 bits per heavy atom. The van der Waals surface area contributed by atoms with Gasteiger partial charge in [-0.3, -0.25) is 0 Å². The Morgan fingerprint density at radius 1 is 0.538 bits per heavy atom. The maximum Gasteiger partial charge on any atom is 0.127 e. The minimum Gasteiger partial charge on any atom is -0.493 e. The highest BCUT2D eigenvalue weighted by atomic mass is 32.3. The molecule has 2 aliphatic rings. The van der Waals surface area contributed by atoms with E-state index < -0.39 is 10.0 Å². The third-order valence-electron chi connectivity index (χ3n) is 8.88. The molecule has 1 saturated carbocycles. The zero-order valence-corrected chi connectivity index (χ0v) is 22.9. The van der Waals surface area contributed by atoms with Crippen LogP contribution in [0.4, 0.5) is 0 Å². The first-order valence-corrected chi connectivity index (χ1v) is 16.0. The summed E-state index contributed by atoms with van der Waals surface area (Å²) in [6.45, 7) is 0.831. The summed E-state index contributed by atoms with van der Waals surface area (Å²) in [4.78, 5) is 5.85. The summed E-state index contributed by atoms with van der Waals surface area (Å²) >= 11 is 0. The molecule has 39 heavy (non-hydrogen) atoms. The highest BCUT2D eigenvalue weighted by Gasteiger charge is 2.49. The van der Waals surface area contributed by atoms with Crippen molar-refractivity contribution >= 4 is 42.3 Å². The molecule has 6 aromatic carbocycles.